The Labute approximate surface area is 363 Å². The first-order valence-corrected chi connectivity index (χ1v) is 23.4. The van der Waals surface area contributed by atoms with E-state index in [4.69, 9.17) is 28.8 Å². The number of hydrogen-bond donors (Lipinski definition) is 3. The molecule has 344 valence electrons. The Morgan fingerprint density at radius 3 is 1.77 bits per heavy atom. The van der Waals surface area contributed by atoms with E-state index in [1.165, 1.54) is 76.1 Å². The Kier molecular flexibility index (Phi) is 27.7. The maximum absolute atomic E-state index is 13.0. The first-order valence-electron chi connectivity index (χ1n) is 21.9. The van der Waals surface area contributed by atoms with E-state index in [2.05, 4.69) is 15.0 Å². The van der Waals surface area contributed by atoms with E-state index in [1.54, 1.807) is 12.1 Å². The topological polar surface area (TPSA) is 206 Å². The number of unbranched alkanes of at least 4 members (excludes halogenated alkanes) is 12. The van der Waals surface area contributed by atoms with Crippen molar-refractivity contribution in [2.75, 3.05) is 64.1 Å². The Morgan fingerprint density at radius 2 is 1.20 bits per heavy atom. The third-order valence-corrected chi connectivity index (χ3v) is 10.6. The van der Waals surface area contributed by atoms with Crippen LogP contribution in [-0.2, 0) is 54.5 Å². The Morgan fingerprint density at radius 1 is 0.639 bits per heavy atom. The van der Waals surface area contributed by atoms with E-state index >= 15 is 0 Å². The number of ketones is 1. The second-order valence-electron chi connectivity index (χ2n) is 16.0. The summed E-state index contributed by atoms with van der Waals surface area (Å²) in [7, 11) is -3.86. The van der Waals surface area contributed by atoms with Crippen molar-refractivity contribution < 1.29 is 56.4 Å². The standard InChI is InChI=1S/C45H71N3O12S/c1-45(2,3)60-43(52)20-16-14-12-10-8-6-4-5-7-9-11-13-15-18-37-21-24-40(25-22-37)61(54,55)48-41-26-23-38(34-47-41)44(53)46-27-29-57-31-32-58-35-39(49)19-17-28-56-30-33-59-36-42(50)51/h21-26,34H,4-20,27-33,35-36H2,1-3H3,(H,46,53)(H,47,48)(H,50,51). The maximum Gasteiger partial charge on any atom is 0.329 e. The molecule has 0 fully saturated rings. The summed E-state index contributed by atoms with van der Waals surface area (Å²) in [5, 5.41) is 11.2. The molecule has 1 heterocycles. The number of benzene rings is 1. The number of Topliss-reactive ketones (excluding diaryl/α,β-unsaturated/α-hetero) is 1. The van der Waals surface area contributed by atoms with Crippen LogP contribution in [-0.4, -0.2) is 107 Å². The number of aliphatic carboxylic acids is 1. The van der Waals surface area contributed by atoms with Gasteiger partial charge >= 0.3 is 11.9 Å². The molecular formula is C45H71N3O12S. The molecule has 0 spiro atoms. The molecule has 0 bridgehead atoms. The molecule has 0 aliphatic heterocycles. The predicted molar refractivity (Wildman–Crippen MR) is 233 cm³/mol. The summed E-state index contributed by atoms with van der Waals surface area (Å²) in [6.45, 7) is 7.00. The number of carbonyl (C=O) groups excluding carboxylic acids is 3. The van der Waals surface area contributed by atoms with E-state index < -0.39 is 21.6 Å². The van der Waals surface area contributed by atoms with Crippen molar-refractivity contribution in [1.82, 2.24) is 10.3 Å². The van der Waals surface area contributed by atoms with Gasteiger partial charge in [-0.2, -0.15) is 0 Å². The first-order chi connectivity index (χ1) is 29.2. The quantitative estimate of drug-likeness (QED) is 0.0446. The number of hydrogen-bond acceptors (Lipinski definition) is 12. The van der Waals surface area contributed by atoms with Gasteiger partial charge in [-0.15, -0.1) is 0 Å². The molecule has 3 N–H and O–H groups in total. The number of rotatable bonds is 37. The molecule has 16 heteroatoms. The van der Waals surface area contributed by atoms with Gasteiger partial charge in [0.25, 0.3) is 15.9 Å². The molecule has 1 amide bonds. The van der Waals surface area contributed by atoms with Gasteiger partial charge in [-0.1, -0.05) is 82.8 Å². The van der Waals surface area contributed by atoms with Gasteiger partial charge in [0.2, 0.25) is 0 Å². The maximum atomic E-state index is 13.0. The van der Waals surface area contributed by atoms with E-state index in [0.29, 0.717) is 25.9 Å². The van der Waals surface area contributed by atoms with Crippen molar-refractivity contribution in [2.45, 2.75) is 140 Å². The zero-order valence-corrected chi connectivity index (χ0v) is 37.5. The minimum Gasteiger partial charge on any atom is -0.480 e. The molecule has 0 saturated carbocycles. The van der Waals surface area contributed by atoms with Gasteiger partial charge in [0.05, 0.1) is 43.5 Å². The molecule has 2 rings (SSSR count). The lowest BCUT2D eigenvalue weighted by Crippen LogP contribution is -2.28. The van der Waals surface area contributed by atoms with Crippen molar-refractivity contribution in [2.24, 2.45) is 0 Å². The molecule has 0 aliphatic carbocycles. The van der Waals surface area contributed by atoms with Crippen LogP contribution >= 0.6 is 0 Å². The summed E-state index contributed by atoms with van der Waals surface area (Å²) in [5.41, 5.74) is 0.958. The molecule has 0 unspecified atom stereocenters. The van der Waals surface area contributed by atoms with E-state index in [-0.39, 0.29) is 86.7 Å². The summed E-state index contributed by atoms with van der Waals surface area (Å²) in [6, 6.07) is 9.83. The average molecular weight is 878 g/mol. The molecule has 1 aromatic heterocycles. The number of anilines is 1. The van der Waals surface area contributed by atoms with Crippen LogP contribution in [0.5, 0.6) is 0 Å². The fraction of sp³-hybridized carbons (Fsp3) is 0.667. The van der Waals surface area contributed by atoms with E-state index in [1.807, 2.05) is 32.9 Å². The van der Waals surface area contributed by atoms with Gasteiger partial charge in [-0.3, -0.25) is 19.1 Å². The lowest BCUT2D eigenvalue weighted by Gasteiger charge is -2.19. The fourth-order valence-electron chi connectivity index (χ4n) is 6.12. The van der Waals surface area contributed by atoms with Crippen molar-refractivity contribution in [3.05, 3.63) is 53.7 Å². The van der Waals surface area contributed by atoms with Crippen LogP contribution in [0.1, 0.15) is 139 Å². The smallest absolute Gasteiger partial charge is 0.329 e. The van der Waals surface area contributed by atoms with Gasteiger partial charge in [0, 0.05) is 32.2 Å². The van der Waals surface area contributed by atoms with Crippen molar-refractivity contribution in [1.29, 1.82) is 0 Å². The van der Waals surface area contributed by atoms with Crippen LogP contribution < -0.4 is 10.0 Å². The summed E-state index contributed by atoms with van der Waals surface area (Å²) in [5.74, 6) is -1.49. The minimum atomic E-state index is -3.86. The molecule has 2 aromatic rings. The van der Waals surface area contributed by atoms with Crippen LogP contribution in [0.4, 0.5) is 5.82 Å². The molecule has 0 saturated heterocycles. The number of aromatic nitrogens is 1. The Balaban J connectivity index is 1.48. The van der Waals surface area contributed by atoms with Gasteiger partial charge in [0.15, 0.2) is 5.78 Å². The Hall–Kier alpha value is -3.96. The summed E-state index contributed by atoms with van der Waals surface area (Å²) >= 11 is 0. The molecule has 15 nitrogen and oxygen atoms in total. The highest BCUT2D eigenvalue weighted by Crippen LogP contribution is 2.18. The molecular weight excluding hydrogens is 807 g/mol. The third-order valence-electron chi connectivity index (χ3n) is 9.27. The Bertz CT molecular complexity index is 1630. The highest BCUT2D eigenvalue weighted by Gasteiger charge is 2.17. The number of carboxylic acids is 1. The van der Waals surface area contributed by atoms with Gasteiger partial charge in [-0.25, -0.2) is 18.2 Å². The zero-order chi connectivity index (χ0) is 44.6. The van der Waals surface area contributed by atoms with Crippen molar-refractivity contribution >= 4 is 39.5 Å². The van der Waals surface area contributed by atoms with Crippen LogP contribution in [0.2, 0.25) is 0 Å². The number of amides is 1. The van der Waals surface area contributed by atoms with E-state index in [0.717, 1.165) is 37.7 Å². The number of carbonyl (C=O) groups is 4. The van der Waals surface area contributed by atoms with Gasteiger partial charge in [-0.05, 0) is 76.3 Å². The lowest BCUT2D eigenvalue weighted by molar-refractivity contribution is -0.155. The zero-order valence-electron chi connectivity index (χ0n) is 36.7. The lowest BCUT2D eigenvalue weighted by atomic mass is 10.0. The number of sulfonamides is 1. The number of nitrogens with one attached hydrogen (secondary N) is 2. The molecule has 1 aromatic carbocycles. The summed E-state index contributed by atoms with van der Waals surface area (Å²) in [6.07, 6.45) is 19.0. The number of aryl methyl sites for hydroxylation is 1. The normalized spacial score (nSPS) is 11.7. The van der Waals surface area contributed by atoms with Crippen molar-refractivity contribution in [3.8, 4) is 0 Å². The van der Waals surface area contributed by atoms with Crippen LogP contribution in [0.25, 0.3) is 0 Å². The highest BCUT2D eigenvalue weighted by atomic mass is 32.2. The molecule has 0 aliphatic rings. The molecule has 0 radical (unpaired) electrons. The monoisotopic (exact) mass is 877 g/mol. The number of ether oxygens (including phenoxy) is 5. The third kappa shape index (κ3) is 28.3. The first kappa shape index (κ1) is 53.2. The summed E-state index contributed by atoms with van der Waals surface area (Å²) < 4.78 is 54.7. The summed E-state index contributed by atoms with van der Waals surface area (Å²) in [4.78, 5) is 50.7. The average Bonchev–Trinajstić information content (AvgIpc) is 3.20. The van der Waals surface area contributed by atoms with Crippen LogP contribution in [0.3, 0.4) is 0 Å². The van der Waals surface area contributed by atoms with Gasteiger partial charge < -0.3 is 34.1 Å². The predicted octanol–water partition coefficient (Wildman–Crippen LogP) is 7.46. The van der Waals surface area contributed by atoms with Crippen LogP contribution in [0, 0.1) is 0 Å². The van der Waals surface area contributed by atoms with Crippen LogP contribution in [0.15, 0.2) is 47.5 Å². The largest absolute Gasteiger partial charge is 0.480 e. The SMILES string of the molecule is CC(C)(C)OC(=O)CCCCCCCCCCCCCCCc1ccc(S(=O)(=O)Nc2ccc(C(=O)NCCOCCOCC(=O)CCCOCCOCC(=O)O)cn2)cc1. The fourth-order valence-corrected chi connectivity index (χ4v) is 7.13. The molecule has 0 atom stereocenters. The number of carboxylic acid groups (broad SMARTS) is 1. The second kappa shape index (κ2) is 31.8. The number of esters is 1. The number of pyridine rings is 1. The highest BCUT2D eigenvalue weighted by molar-refractivity contribution is 7.92. The van der Waals surface area contributed by atoms with E-state index in [9.17, 15) is 27.6 Å². The second-order valence-corrected chi connectivity index (χ2v) is 17.7. The van der Waals surface area contributed by atoms with Gasteiger partial charge in [0.1, 0.15) is 24.6 Å². The molecule has 61 heavy (non-hydrogen) atoms. The minimum absolute atomic E-state index is 0.0413. The number of nitrogens with zero attached hydrogens (tertiary/aromatic N) is 1. The van der Waals surface area contributed by atoms with Crippen molar-refractivity contribution in [3.63, 3.8) is 0 Å².